The molecule has 0 aliphatic heterocycles. The van der Waals surface area contributed by atoms with Crippen LogP contribution in [0.3, 0.4) is 0 Å². The third-order valence-corrected chi connectivity index (χ3v) is 8.59. The van der Waals surface area contributed by atoms with Crippen LogP contribution >= 0.6 is 11.8 Å². The highest BCUT2D eigenvalue weighted by atomic mass is 32.2. The van der Waals surface area contributed by atoms with Crippen molar-refractivity contribution in [1.82, 2.24) is 15.1 Å². The molecule has 0 saturated heterocycles. The molecule has 32 heavy (non-hydrogen) atoms. The maximum Gasteiger partial charge on any atom is 0.335 e. The van der Waals surface area contributed by atoms with Crippen molar-refractivity contribution in [3.63, 3.8) is 0 Å². The van der Waals surface area contributed by atoms with E-state index in [2.05, 4.69) is 17.3 Å². The van der Waals surface area contributed by atoms with E-state index in [1.165, 1.54) is 0 Å². The summed E-state index contributed by atoms with van der Waals surface area (Å²) in [6.45, 7) is 2.09. The van der Waals surface area contributed by atoms with Crippen LogP contribution in [0.1, 0.15) is 66.2 Å². The van der Waals surface area contributed by atoms with Gasteiger partial charge in [-0.3, -0.25) is 4.79 Å². The zero-order valence-corrected chi connectivity index (χ0v) is 19.0. The van der Waals surface area contributed by atoms with Crippen molar-refractivity contribution in [3.8, 4) is 5.69 Å². The number of rotatable bonds is 7. The van der Waals surface area contributed by atoms with Crippen molar-refractivity contribution < 1.29 is 19.8 Å². The van der Waals surface area contributed by atoms with E-state index in [-0.39, 0.29) is 17.5 Å². The number of carbonyl (C=O) groups excluding carboxylic acids is 1. The minimum absolute atomic E-state index is 0.110. The van der Waals surface area contributed by atoms with Crippen LogP contribution in [0.15, 0.2) is 35.5 Å². The lowest BCUT2D eigenvalue weighted by molar-refractivity contribution is -0.136. The second-order valence-corrected chi connectivity index (χ2v) is 10.8. The molecule has 1 amide bonds. The second-order valence-electron chi connectivity index (χ2n) is 9.67. The minimum atomic E-state index is -0.974. The van der Waals surface area contributed by atoms with Crippen LogP contribution in [0, 0.1) is 17.8 Å². The second kappa shape index (κ2) is 8.23. The summed E-state index contributed by atoms with van der Waals surface area (Å²) < 4.78 is 1.72. The van der Waals surface area contributed by atoms with E-state index in [1.54, 1.807) is 46.9 Å². The zero-order valence-electron chi connectivity index (χ0n) is 18.2. The van der Waals surface area contributed by atoms with Crippen LogP contribution in [0.2, 0.25) is 0 Å². The van der Waals surface area contributed by atoms with Gasteiger partial charge >= 0.3 is 5.97 Å². The summed E-state index contributed by atoms with van der Waals surface area (Å²) in [4.78, 5) is 24.5. The minimum Gasteiger partial charge on any atom is -0.478 e. The molecule has 170 valence electrons. The Bertz CT molecular complexity index is 1020. The Hall–Kier alpha value is -2.32. The SMILES string of the molecule is CCCSc1c(C(=O)NC2C3CC4C[C@@H]2CC(O)(C4)C3)cnn1-c1ccc(C(=O)O)cc1. The number of carbonyl (C=O) groups is 2. The van der Waals surface area contributed by atoms with Gasteiger partial charge in [0.1, 0.15) is 5.03 Å². The first kappa shape index (κ1) is 21.5. The van der Waals surface area contributed by atoms with Gasteiger partial charge in [0.15, 0.2) is 0 Å². The molecule has 0 radical (unpaired) electrons. The first-order valence-corrected chi connectivity index (χ1v) is 12.4. The van der Waals surface area contributed by atoms with Crippen LogP contribution in [-0.4, -0.2) is 49.3 Å². The molecule has 1 aromatic carbocycles. The lowest BCUT2D eigenvalue weighted by Gasteiger charge is -2.58. The molecule has 2 aromatic rings. The fraction of sp³-hybridized carbons (Fsp3) is 0.542. The molecule has 3 N–H and O–H groups in total. The monoisotopic (exact) mass is 455 g/mol. The Morgan fingerprint density at radius 3 is 2.47 bits per heavy atom. The summed E-state index contributed by atoms with van der Waals surface area (Å²) in [5, 5.41) is 28.5. The normalized spacial score (nSPS) is 30.4. The predicted octanol–water partition coefficient (Wildman–Crippen LogP) is 3.74. The predicted molar refractivity (Wildman–Crippen MR) is 121 cm³/mol. The quantitative estimate of drug-likeness (QED) is 0.550. The van der Waals surface area contributed by atoms with Crippen LogP contribution in [0.5, 0.6) is 0 Å². The van der Waals surface area contributed by atoms with E-state index < -0.39 is 11.6 Å². The summed E-state index contributed by atoms with van der Waals surface area (Å²) in [5.41, 5.74) is 0.973. The fourth-order valence-corrected chi connectivity index (χ4v) is 7.18. The number of nitrogens with zero attached hydrogens (tertiary/aromatic N) is 2. The highest BCUT2D eigenvalue weighted by Crippen LogP contribution is 2.55. The summed E-state index contributed by atoms with van der Waals surface area (Å²) in [6, 6.07) is 6.64. The van der Waals surface area contributed by atoms with Crippen molar-refractivity contribution in [1.29, 1.82) is 0 Å². The topological polar surface area (TPSA) is 104 Å². The largest absolute Gasteiger partial charge is 0.478 e. The van der Waals surface area contributed by atoms with E-state index in [1.807, 2.05) is 0 Å². The Labute approximate surface area is 191 Å². The number of carboxylic acid groups (broad SMARTS) is 1. The molecule has 6 rings (SSSR count). The van der Waals surface area contributed by atoms with Crippen molar-refractivity contribution in [2.75, 3.05) is 5.75 Å². The summed E-state index contributed by atoms with van der Waals surface area (Å²) >= 11 is 1.59. The fourth-order valence-electron chi connectivity index (χ4n) is 6.21. The van der Waals surface area contributed by atoms with Gasteiger partial charge in [0.05, 0.1) is 28.6 Å². The highest BCUT2D eigenvalue weighted by molar-refractivity contribution is 7.99. The molecule has 4 bridgehead atoms. The van der Waals surface area contributed by atoms with Gasteiger partial charge in [0.2, 0.25) is 0 Å². The lowest BCUT2D eigenvalue weighted by Crippen LogP contribution is -2.61. The van der Waals surface area contributed by atoms with E-state index in [0.29, 0.717) is 23.3 Å². The molecule has 1 heterocycles. The standard InChI is InChI=1S/C24H29N3O4S/c1-2-7-32-22-19(13-25-27(22)18-5-3-15(4-6-18)23(29)30)21(28)26-20-16-8-14-9-17(20)12-24(31,10-14)11-16/h3-6,13-14,16-17,20,31H,2,7-12H2,1H3,(H,26,28)(H,29,30)/t14?,16-,17?,20?,24?/m1/s1. The molecule has 4 fully saturated rings. The molecule has 4 aliphatic carbocycles. The number of aliphatic hydroxyl groups is 1. The van der Waals surface area contributed by atoms with Crippen LogP contribution in [-0.2, 0) is 0 Å². The smallest absolute Gasteiger partial charge is 0.335 e. The molecular formula is C24H29N3O4S. The van der Waals surface area contributed by atoms with Crippen molar-refractivity contribution in [3.05, 3.63) is 41.6 Å². The van der Waals surface area contributed by atoms with Crippen molar-refractivity contribution >= 4 is 23.6 Å². The Kier molecular flexibility index (Phi) is 5.53. The van der Waals surface area contributed by atoms with Crippen LogP contribution < -0.4 is 5.32 Å². The van der Waals surface area contributed by atoms with E-state index in [4.69, 9.17) is 5.11 Å². The Balaban J connectivity index is 1.39. The molecule has 8 heteroatoms. The first-order valence-electron chi connectivity index (χ1n) is 11.4. The maximum absolute atomic E-state index is 13.4. The molecular weight excluding hydrogens is 426 g/mol. The third-order valence-electron chi connectivity index (χ3n) is 7.31. The van der Waals surface area contributed by atoms with Gasteiger partial charge in [0.25, 0.3) is 5.91 Å². The Morgan fingerprint density at radius 2 is 1.88 bits per heavy atom. The van der Waals surface area contributed by atoms with Gasteiger partial charge in [-0.05, 0) is 86.3 Å². The van der Waals surface area contributed by atoms with E-state index in [9.17, 15) is 14.7 Å². The molecule has 5 atom stereocenters. The Morgan fingerprint density at radius 1 is 1.19 bits per heavy atom. The van der Waals surface area contributed by atoms with Gasteiger partial charge in [0, 0.05) is 6.04 Å². The summed E-state index contributed by atoms with van der Waals surface area (Å²) in [6.07, 6.45) is 7.26. The molecule has 7 nitrogen and oxygen atoms in total. The average molecular weight is 456 g/mol. The number of amides is 1. The lowest BCUT2D eigenvalue weighted by atomic mass is 9.52. The van der Waals surface area contributed by atoms with Gasteiger partial charge in [-0.2, -0.15) is 5.10 Å². The number of aromatic nitrogens is 2. The number of hydrogen-bond acceptors (Lipinski definition) is 5. The van der Waals surface area contributed by atoms with Gasteiger partial charge in [-0.1, -0.05) is 6.92 Å². The van der Waals surface area contributed by atoms with Gasteiger partial charge in [-0.15, -0.1) is 11.8 Å². The van der Waals surface area contributed by atoms with Crippen LogP contribution in [0.4, 0.5) is 0 Å². The van der Waals surface area contributed by atoms with E-state index in [0.717, 1.165) is 55.0 Å². The highest BCUT2D eigenvalue weighted by Gasteiger charge is 2.55. The first-order chi connectivity index (χ1) is 15.4. The van der Waals surface area contributed by atoms with Crippen molar-refractivity contribution in [2.45, 2.75) is 62.1 Å². The number of thioether (sulfide) groups is 1. The number of benzene rings is 1. The van der Waals surface area contributed by atoms with Gasteiger partial charge < -0.3 is 15.5 Å². The number of carboxylic acids is 1. The van der Waals surface area contributed by atoms with Crippen LogP contribution in [0.25, 0.3) is 5.69 Å². The molecule has 4 saturated carbocycles. The molecule has 0 spiro atoms. The molecule has 4 aliphatic rings. The average Bonchev–Trinajstić information content (AvgIpc) is 3.17. The summed E-state index contributed by atoms with van der Waals surface area (Å²) in [7, 11) is 0. The molecule has 1 aromatic heterocycles. The number of aromatic carboxylic acids is 1. The third kappa shape index (κ3) is 3.83. The van der Waals surface area contributed by atoms with Crippen molar-refractivity contribution in [2.24, 2.45) is 17.8 Å². The maximum atomic E-state index is 13.4. The number of nitrogens with one attached hydrogen (secondary N) is 1. The zero-order chi connectivity index (χ0) is 22.5. The number of hydrogen-bond donors (Lipinski definition) is 3. The summed E-state index contributed by atoms with van der Waals surface area (Å²) in [5.74, 6) is 1.06. The van der Waals surface area contributed by atoms with E-state index >= 15 is 0 Å². The van der Waals surface area contributed by atoms with Gasteiger partial charge in [-0.25, -0.2) is 9.48 Å². The molecule has 4 unspecified atom stereocenters.